The molecule has 1 saturated heterocycles. The average Bonchev–Trinajstić information content (AvgIpc) is 2.68. The molecule has 5 nitrogen and oxygen atoms in total. The maximum atomic E-state index is 12.4. The number of ether oxygens (including phenoxy) is 1. The van der Waals surface area contributed by atoms with Crippen molar-refractivity contribution in [1.29, 1.82) is 0 Å². The minimum atomic E-state index is -0.000228. The summed E-state index contributed by atoms with van der Waals surface area (Å²) in [5, 5.41) is 9.61. The number of nitrogens with zero attached hydrogens (tertiary/aromatic N) is 2. The van der Waals surface area contributed by atoms with E-state index in [1.807, 2.05) is 23.1 Å². The van der Waals surface area contributed by atoms with Crippen LogP contribution < -0.4 is 9.64 Å². The first-order chi connectivity index (χ1) is 12.2. The molecule has 1 aliphatic rings. The largest absolute Gasteiger partial charge is 0.504 e. The molecule has 1 amide bonds. The van der Waals surface area contributed by atoms with E-state index in [9.17, 15) is 9.90 Å². The Kier molecular flexibility index (Phi) is 5.23. The van der Waals surface area contributed by atoms with Crippen molar-refractivity contribution in [1.82, 2.24) is 4.90 Å². The fourth-order valence-electron chi connectivity index (χ4n) is 2.89. The standard InChI is InChI=1S/C20H22N2O3/c1-25-19-15-16(7-9-18(19)23)8-10-20(24)22-13-11-21(12-14-22)17-5-3-2-4-6-17/h2-10,15,23H,11-14H2,1H3/b10-8+. The summed E-state index contributed by atoms with van der Waals surface area (Å²) in [6, 6.07) is 15.3. The highest BCUT2D eigenvalue weighted by atomic mass is 16.5. The van der Waals surface area contributed by atoms with Gasteiger partial charge in [0.05, 0.1) is 7.11 Å². The normalized spacial score (nSPS) is 14.8. The Morgan fingerprint density at radius 2 is 1.80 bits per heavy atom. The Labute approximate surface area is 147 Å². The van der Waals surface area contributed by atoms with E-state index in [0.717, 1.165) is 18.7 Å². The van der Waals surface area contributed by atoms with Crippen molar-refractivity contribution in [2.24, 2.45) is 0 Å². The van der Waals surface area contributed by atoms with Crippen molar-refractivity contribution in [2.45, 2.75) is 0 Å². The van der Waals surface area contributed by atoms with Gasteiger partial charge in [0, 0.05) is 37.9 Å². The summed E-state index contributed by atoms with van der Waals surface area (Å²) < 4.78 is 5.08. The summed E-state index contributed by atoms with van der Waals surface area (Å²) in [5.41, 5.74) is 2.01. The molecule has 2 aromatic carbocycles. The summed E-state index contributed by atoms with van der Waals surface area (Å²) in [5.74, 6) is 0.480. The van der Waals surface area contributed by atoms with E-state index in [1.54, 1.807) is 30.4 Å². The van der Waals surface area contributed by atoms with Gasteiger partial charge >= 0.3 is 0 Å². The van der Waals surface area contributed by atoms with Crippen LogP contribution in [0.15, 0.2) is 54.6 Å². The van der Waals surface area contributed by atoms with Gasteiger partial charge in [-0.05, 0) is 35.9 Å². The highest BCUT2D eigenvalue weighted by molar-refractivity contribution is 5.92. The van der Waals surface area contributed by atoms with E-state index in [1.165, 1.54) is 12.8 Å². The van der Waals surface area contributed by atoms with E-state index in [-0.39, 0.29) is 11.7 Å². The van der Waals surface area contributed by atoms with Crippen molar-refractivity contribution < 1.29 is 14.6 Å². The number of phenolic OH excluding ortho intramolecular Hbond substituents is 1. The zero-order valence-electron chi connectivity index (χ0n) is 14.3. The van der Waals surface area contributed by atoms with E-state index < -0.39 is 0 Å². The number of methoxy groups -OCH3 is 1. The molecule has 3 rings (SSSR count). The maximum Gasteiger partial charge on any atom is 0.246 e. The molecule has 0 spiro atoms. The van der Waals surface area contributed by atoms with Crippen LogP contribution in [0.25, 0.3) is 6.08 Å². The van der Waals surface area contributed by atoms with Gasteiger partial charge in [0.15, 0.2) is 11.5 Å². The third-order valence-electron chi connectivity index (χ3n) is 4.33. The van der Waals surface area contributed by atoms with Crippen molar-refractivity contribution in [3.8, 4) is 11.5 Å². The van der Waals surface area contributed by atoms with Gasteiger partial charge in [-0.25, -0.2) is 0 Å². The topological polar surface area (TPSA) is 53.0 Å². The molecule has 0 aliphatic carbocycles. The Morgan fingerprint density at radius 1 is 1.08 bits per heavy atom. The van der Waals surface area contributed by atoms with Crippen LogP contribution >= 0.6 is 0 Å². The van der Waals surface area contributed by atoms with Gasteiger partial charge in [-0.2, -0.15) is 0 Å². The first-order valence-corrected chi connectivity index (χ1v) is 8.31. The van der Waals surface area contributed by atoms with Crippen LogP contribution in [0, 0.1) is 0 Å². The zero-order valence-corrected chi connectivity index (χ0v) is 14.3. The van der Waals surface area contributed by atoms with Gasteiger partial charge in [-0.1, -0.05) is 24.3 Å². The van der Waals surface area contributed by atoms with Crippen LogP contribution in [0.3, 0.4) is 0 Å². The molecule has 0 aromatic heterocycles. The number of carbonyl (C=O) groups excluding carboxylic acids is 1. The Bertz CT molecular complexity index is 751. The number of benzene rings is 2. The summed E-state index contributed by atoms with van der Waals surface area (Å²) in [6.45, 7) is 3.07. The van der Waals surface area contributed by atoms with Crippen molar-refractivity contribution in [3.05, 3.63) is 60.2 Å². The number of aromatic hydroxyl groups is 1. The monoisotopic (exact) mass is 338 g/mol. The molecule has 0 atom stereocenters. The lowest BCUT2D eigenvalue weighted by Gasteiger charge is -2.35. The second-order valence-electron chi connectivity index (χ2n) is 5.91. The highest BCUT2D eigenvalue weighted by Gasteiger charge is 2.19. The number of para-hydroxylation sites is 1. The smallest absolute Gasteiger partial charge is 0.246 e. The average molecular weight is 338 g/mol. The number of anilines is 1. The fraction of sp³-hybridized carbons (Fsp3) is 0.250. The van der Waals surface area contributed by atoms with Crippen LogP contribution in [0.5, 0.6) is 11.5 Å². The second kappa shape index (κ2) is 7.75. The molecule has 0 saturated carbocycles. The van der Waals surface area contributed by atoms with Crippen LogP contribution in [-0.2, 0) is 4.79 Å². The molecule has 1 fully saturated rings. The SMILES string of the molecule is COc1cc(/C=C/C(=O)N2CCN(c3ccccc3)CC2)ccc1O. The van der Waals surface area contributed by atoms with Gasteiger partial charge in [-0.3, -0.25) is 4.79 Å². The molecule has 0 radical (unpaired) electrons. The van der Waals surface area contributed by atoms with E-state index in [4.69, 9.17) is 4.74 Å². The number of phenols is 1. The predicted octanol–water partition coefficient (Wildman–Crippen LogP) is 2.76. The summed E-state index contributed by atoms with van der Waals surface area (Å²) in [7, 11) is 1.50. The number of piperazine rings is 1. The summed E-state index contributed by atoms with van der Waals surface area (Å²) >= 11 is 0. The lowest BCUT2D eigenvalue weighted by Crippen LogP contribution is -2.48. The summed E-state index contributed by atoms with van der Waals surface area (Å²) in [4.78, 5) is 16.5. The molecular formula is C20H22N2O3. The van der Waals surface area contributed by atoms with Gasteiger partial charge in [-0.15, -0.1) is 0 Å². The number of hydrogen-bond acceptors (Lipinski definition) is 4. The fourth-order valence-corrected chi connectivity index (χ4v) is 2.89. The molecule has 1 N–H and O–H groups in total. The molecule has 5 heteroatoms. The van der Waals surface area contributed by atoms with Gasteiger partial charge in [0.2, 0.25) is 5.91 Å². The van der Waals surface area contributed by atoms with Gasteiger partial charge < -0.3 is 19.6 Å². The van der Waals surface area contributed by atoms with Crippen LogP contribution in [0.4, 0.5) is 5.69 Å². The predicted molar refractivity (Wildman–Crippen MR) is 98.9 cm³/mol. The van der Waals surface area contributed by atoms with Crippen LogP contribution in [-0.4, -0.2) is 49.2 Å². The number of hydrogen-bond donors (Lipinski definition) is 1. The lowest BCUT2D eigenvalue weighted by molar-refractivity contribution is -0.126. The third kappa shape index (κ3) is 4.12. The van der Waals surface area contributed by atoms with Gasteiger partial charge in [0.1, 0.15) is 0 Å². The Morgan fingerprint density at radius 3 is 2.48 bits per heavy atom. The highest BCUT2D eigenvalue weighted by Crippen LogP contribution is 2.26. The van der Waals surface area contributed by atoms with Crippen molar-refractivity contribution in [2.75, 3.05) is 38.2 Å². The number of carbonyl (C=O) groups is 1. The van der Waals surface area contributed by atoms with Crippen LogP contribution in [0.1, 0.15) is 5.56 Å². The second-order valence-corrected chi connectivity index (χ2v) is 5.91. The van der Waals surface area contributed by atoms with E-state index in [2.05, 4.69) is 17.0 Å². The molecule has 0 unspecified atom stereocenters. The Hall–Kier alpha value is -2.95. The molecule has 130 valence electrons. The molecule has 25 heavy (non-hydrogen) atoms. The van der Waals surface area contributed by atoms with E-state index >= 15 is 0 Å². The minimum absolute atomic E-state index is 0.000228. The minimum Gasteiger partial charge on any atom is -0.504 e. The third-order valence-corrected chi connectivity index (χ3v) is 4.33. The molecule has 1 aliphatic heterocycles. The molecule has 2 aromatic rings. The molecule has 1 heterocycles. The van der Waals surface area contributed by atoms with Gasteiger partial charge in [0.25, 0.3) is 0 Å². The van der Waals surface area contributed by atoms with E-state index in [0.29, 0.717) is 18.8 Å². The van der Waals surface area contributed by atoms with Crippen molar-refractivity contribution >= 4 is 17.7 Å². The first-order valence-electron chi connectivity index (χ1n) is 8.31. The number of amides is 1. The zero-order chi connectivity index (χ0) is 17.6. The van der Waals surface area contributed by atoms with Crippen molar-refractivity contribution in [3.63, 3.8) is 0 Å². The molecule has 0 bridgehead atoms. The quantitative estimate of drug-likeness (QED) is 0.871. The Balaban J connectivity index is 1.58. The first kappa shape index (κ1) is 16.9. The van der Waals surface area contributed by atoms with Crippen LogP contribution in [0.2, 0.25) is 0 Å². The lowest BCUT2D eigenvalue weighted by atomic mass is 10.2. The molecular weight excluding hydrogens is 316 g/mol. The number of rotatable bonds is 4. The maximum absolute atomic E-state index is 12.4. The summed E-state index contributed by atoms with van der Waals surface area (Å²) in [6.07, 6.45) is 3.32.